The second kappa shape index (κ2) is 51.8. The van der Waals surface area contributed by atoms with E-state index in [1.807, 2.05) is 41.5 Å². The van der Waals surface area contributed by atoms with E-state index >= 15 is 0 Å². The van der Waals surface area contributed by atoms with Crippen LogP contribution in [0.4, 0.5) is 0 Å². The van der Waals surface area contributed by atoms with Gasteiger partial charge in [-0.05, 0) is 199 Å². The van der Waals surface area contributed by atoms with E-state index in [0.717, 1.165) is 152 Å². The van der Waals surface area contributed by atoms with Gasteiger partial charge in [0.1, 0.15) is 23.1 Å². The summed E-state index contributed by atoms with van der Waals surface area (Å²) in [7, 11) is 0. The number of unbranched alkanes of at least 4 members (excludes halogenated alkanes) is 13. The van der Waals surface area contributed by atoms with Crippen molar-refractivity contribution < 1.29 is 83.4 Å². The van der Waals surface area contributed by atoms with Gasteiger partial charge in [0.05, 0.1) is 29.5 Å². The molecule has 2 N–H and O–H groups in total. The predicted octanol–water partition coefficient (Wildman–Crippen LogP) is 20.3. The Kier molecular flexibility index (Phi) is 49.5. The molecule has 5 saturated carbocycles. The monoisotopic (exact) mass is 1760 g/mol. The van der Waals surface area contributed by atoms with Gasteiger partial charge in [0.2, 0.25) is 0 Å². The van der Waals surface area contributed by atoms with Crippen LogP contribution < -0.4 is 0 Å². The number of rotatable bonds is 41. The Morgan fingerprint density at radius 1 is 0.500 bits per heavy atom. The summed E-state index contributed by atoms with van der Waals surface area (Å²) in [4.78, 5) is 84.6. The normalized spacial score (nSPS) is 26.0. The van der Waals surface area contributed by atoms with Crippen molar-refractivity contribution in [3.8, 4) is 0 Å². The number of hydrogen-bond acceptors (Lipinski definition) is 12. The van der Waals surface area contributed by atoms with E-state index in [0.29, 0.717) is 110 Å². The van der Waals surface area contributed by atoms with Gasteiger partial charge in [0.25, 0.3) is 0 Å². The fraction of sp³-hybridized carbons (Fsp3) is 0.829. The first kappa shape index (κ1) is 87.8. The topological polar surface area (TPSA) is 188 Å². The van der Waals surface area contributed by atoms with Crippen LogP contribution in [0.5, 0.6) is 0 Å². The van der Waals surface area contributed by atoms with Crippen molar-refractivity contribution in [2.24, 2.45) is 53.3 Å². The van der Waals surface area contributed by atoms with E-state index in [-0.39, 0.29) is 79.4 Å². The predicted molar refractivity (Wildman–Crippen MR) is 396 cm³/mol. The molecule has 92 heavy (non-hydrogen) atoms. The van der Waals surface area contributed by atoms with E-state index in [4.69, 9.17) is 14.2 Å². The maximum atomic E-state index is 12.6. The van der Waals surface area contributed by atoms with Crippen molar-refractivity contribution in [3.05, 3.63) is 36.5 Å². The molecule has 11 atom stereocenters. The molecule has 12 nitrogen and oxygen atoms in total. The van der Waals surface area contributed by atoms with E-state index in [1.54, 1.807) is 0 Å². The second-order valence-electron chi connectivity index (χ2n) is 28.5. The molecular weight excluding hydrogens is 1640 g/mol. The molecule has 0 radical (unpaired) electrons. The SMILES string of the molecule is CCCCCC(=O)CC[C@H]1[C@H](CI)CC(=O)[C@@H]1CC=CCCCC(=O)OC(C)C.CCCCCCC[C@@]1(O)CC[C@H]2[C@@H](CC(=O)[C@@H]2CC=CCCCC(=O)OC(C)C)C1.CCCCCCC[C@]1(O)CC[C@H]2[C@@H](CC(=O)[C@@H]2CC=CCCCC(=O)OC(C)C)C1.[I][Sm][I]. The van der Waals surface area contributed by atoms with Gasteiger partial charge in [-0.15, -0.1) is 0 Å². The van der Waals surface area contributed by atoms with E-state index in [1.165, 1.54) is 51.4 Å². The summed E-state index contributed by atoms with van der Waals surface area (Å²) in [6.45, 7) is 17.8. The Morgan fingerprint density at radius 3 is 1.23 bits per heavy atom. The average molecular weight is 1760 g/mol. The molecule has 0 aromatic rings. The van der Waals surface area contributed by atoms with Crippen LogP contribution in [0.1, 0.15) is 313 Å². The zero-order valence-corrected chi connectivity index (χ0v) is 67.8. The minimum absolute atomic E-state index is 0.0522. The van der Waals surface area contributed by atoms with Crippen molar-refractivity contribution in [2.75, 3.05) is 4.43 Å². The molecule has 0 amide bonds. The first-order chi connectivity index (χ1) is 44.0. The molecule has 16 heteroatoms. The quantitative estimate of drug-likeness (QED) is 0.0147. The van der Waals surface area contributed by atoms with Gasteiger partial charge in [-0.3, -0.25) is 33.6 Å². The van der Waals surface area contributed by atoms with Gasteiger partial charge in [0.15, 0.2) is 0 Å². The van der Waals surface area contributed by atoms with E-state index in [9.17, 15) is 43.8 Å². The van der Waals surface area contributed by atoms with Crippen molar-refractivity contribution in [3.63, 3.8) is 0 Å². The average Bonchev–Trinajstić information content (AvgIpc) is 1.71. The molecule has 0 aromatic heterocycles. The number of aliphatic hydroxyl groups is 2. The van der Waals surface area contributed by atoms with Crippen LogP contribution in [-0.2, 0) is 47.8 Å². The number of hydrogen-bond donors (Lipinski definition) is 2. The number of allylic oxidation sites excluding steroid dienone is 6. The summed E-state index contributed by atoms with van der Waals surface area (Å²) in [5.74, 6) is 3.79. The Morgan fingerprint density at radius 2 is 0.859 bits per heavy atom. The zero-order valence-electron chi connectivity index (χ0n) is 58.7. The van der Waals surface area contributed by atoms with Crippen LogP contribution in [0.15, 0.2) is 36.5 Å². The van der Waals surface area contributed by atoms with E-state index < -0.39 is 11.2 Å². The molecule has 0 aromatic carbocycles. The van der Waals surface area contributed by atoms with Gasteiger partial charge in [-0.25, -0.2) is 0 Å². The third-order valence-corrected chi connectivity index (χ3v) is 20.8. The van der Waals surface area contributed by atoms with Gasteiger partial charge >= 0.3 is 71.9 Å². The number of alkyl halides is 1. The summed E-state index contributed by atoms with van der Waals surface area (Å²) in [5.41, 5.74) is -1.08. The number of ether oxygens (including phenoxy) is 3. The van der Waals surface area contributed by atoms with Gasteiger partial charge in [-0.1, -0.05) is 157 Å². The summed E-state index contributed by atoms with van der Waals surface area (Å²) in [6, 6.07) is 0. The molecule has 5 rings (SSSR count). The molecule has 0 heterocycles. The van der Waals surface area contributed by atoms with Crippen LogP contribution in [0.2, 0.25) is 0 Å². The molecule has 5 aliphatic rings. The molecule has 0 unspecified atom stereocenters. The molecule has 0 bridgehead atoms. The third-order valence-electron chi connectivity index (χ3n) is 19.7. The molecule has 0 spiro atoms. The Labute approximate surface area is 605 Å². The van der Waals surface area contributed by atoms with E-state index in [2.05, 4.69) is 108 Å². The number of fused-ring (bicyclic) bond motifs is 2. The summed E-state index contributed by atoms with van der Waals surface area (Å²) < 4.78 is 16.4. The minimum atomic E-state index is -0.539. The molecule has 530 valence electrons. The zero-order chi connectivity index (χ0) is 68.3. The number of halogens is 3. The second-order valence-corrected chi connectivity index (χ2v) is 48.8. The fourth-order valence-electron chi connectivity index (χ4n) is 15.0. The number of esters is 3. The number of carbonyl (C=O) groups excluding carboxylic acids is 7. The number of ketones is 4. The Hall–Kier alpha value is -0.242. The molecule has 0 saturated heterocycles. The molecule has 5 fully saturated rings. The first-order valence-corrected chi connectivity index (χ1v) is 53.1. The van der Waals surface area contributed by atoms with Crippen LogP contribution in [0.25, 0.3) is 0 Å². The van der Waals surface area contributed by atoms with Crippen molar-refractivity contribution >= 4 is 92.2 Å². The van der Waals surface area contributed by atoms with Crippen LogP contribution in [0.3, 0.4) is 0 Å². The van der Waals surface area contributed by atoms with Crippen LogP contribution >= 0.6 is 51.2 Å². The van der Waals surface area contributed by atoms with Gasteiger partial charge in [-0.2, -0.15) is 0 Å². The maximum absolute atomic E-state index is 12.6. The number of Topliss-reactive ketones (excluding diaryl/α,β-unsaturated/α-hetero) is 4. The molecule has 5 aliphatic carbocycles. The molecule has 0 aliphatic heterocycles. The summed E-state index contributed by atoms with van der Waals surface area (Å²) in [5, 5.41) is 22.1. The fourth-order valence-corrected chi connectivity index (χ4v) is 16.0. The van der Waals surface area contributed by atoms with Gasteiger partial charge < -0.3 is 24.4 Å². The summed E-state index contributed by atoms with van der Waals surface area (Å²) in [6.07, 6.45) is 47.8. The molecular formula is C76H127I3O12Sm. The van der Waals surface area contributed by atoms with Crippen molar-refractivity contribution in [1.29, 1.82) is 0 Å². The van der Waals surface area contributed by atoms with Crippen LogP contribution in [0, 0.1) is 78.7 Å². The summed E-state index contributed by atoms with van der Waals surface area (Å²) >= 11 is 7.45. The first-order valence-electron chi connectivity index (χ1n) is 36.5. The third kappa shape index (κ3) is 37.8. The number of carbonyl (C=O) groups is 7. The van der Waals surface area contributed by atoms with Gasteiger partial charge in [0, 0.05) is 73.5 Å². The Bertz CT molecular complexity index is 2080. The van der Waals surface area contributed by atoms with Crippen LogP contribution in [-0.4, -0.2) is 85.2 Å². The van der Waals surface area contributed by atoms with Crippen molar-refractivity contribution in [2.45, 2.75) is 342 Å². The standard InChI is InChI=1S/2C26H44O4.C24H39IO4.2HI.Sm/c2*1-4-5-6-9-12-16-26(29)17-15-22-21(19-26)18-24(27)23(22)13-10-7-8-11-14-25(28)30-20(2)3;1-4-5-8-11-20(26)14-15-21-19(17-25)16-23(27)22(21)12-9-6-7-10-13-24(28)29-18(2)3;;;/h2*7,10,20-23,29H,4-6,8-9,11-19H2,1-3H3;6,9,18-19,21-22H,4-5,7-8,10-17H2,1-3H3;2*1H;/q;;;;;+2/p-2/t21-,22-,23+,26+;21-,22-,23+,26-;19-,21-,22+;;;/m000.../s1. The Balaban J connectivity index is 0.000000460. The van der Waals surface area contributed by atoms with Crippen molar-refractivity contribution in [1.82, 2.24) is 0 Å².